The molecule has 2 atom stereocenters. The smallest absolute Gasteiger partial charge is 0.292 e. The quantitative estimate of drug-likeness (QED) is 0.643. The fourth-order valence-electron chi connectivity index (χ4n) is 2.45. The molecule has 0 radical (unpaired) electrons. The maximum Gasteiger partial charge on any atom is 0.292 e. The van der Waals surface area contributed by atoms with Crippen LogP contribution in [0.25, 0.3) is 0 Å². The molecular formula is C13H17N3O3. The van der Waals surface area contributed by atoms with Crippen molar-refractivity contribution in [3.05, 3.63) is 33.9 Å². The molecule has 3 N–H and O–H groups in total. The number of benzene rings is 1. The number of hydrogen-bond acceptors (Lipinski definition) is 4. The third-order valence-electron chi connectivity index (χ3n) is 3.51. The lowest BCUT2D eigenvalue weighted by Gasteiger charge is -2.15. The summed E-state index contributed by atoms with van der Waals surface area (Å²) in [7, 11) is 0. The number of nitro benzene ring substituents is 1. The van der Waals surface area contributed by atoms with Gasteiger partial charge >= 0.3 is 0 Å². The minimum atomic E-state index is -0.496. The van der Waals surface area contributed by atoms with Gasteiger partial charge in [-0.1, -0.05) is 12.5 Å². The lowest BCUT2D eigenvalue weighted by Crippen LogP contribution is -2.34. The van der Waals surface area contributed by atoms with E-state index in [4.69, 9.17) is 5.73 Å². The zero-order valence-corrected chi connectivity index (χ0v) is 10.8. The Labute approximate surface area is 111 Å². The summed E-state index contributed by atoms with van der Waals surface area (Å²) in [6.45, 7) is 1.82. The Bertz CT molecular complexity index is 516. The Morgan fingerprint density at radius 3 is 2.79 bits per heavy atom. The second kappa shape index (κ2) is 5.36. The molecule has 1 aromatic rings. The molecule has 102 valence electrons. The van der Waals surface area contributed by atoms with Crippen LogP contribution in [0.1, 0.15) is 24.8 Å². The van der Waals surface area contributed by atoms with Crippen molar-refractivity contribution in [1.82, 2.24) is 0 Å². The summed E-state index contributed by atoms with van der Waals surface area (Å²) in [5.74, 6) is -0.473. The van der Waals surface area contributed by atoms with Crippen molar-refractivity contribution in [2.24, 2.45) is 11.7 Å². The predicted molar refractivity (Wildman–Crippen MR) is 71.8 cm³/mol. The molecule has 1 amide bonds. The van der Waals surface area contributed by atoms with Gasteiger partial charge in [-0.3, -0.25) is 14.9 Å². The second-order valence-electron chi connectivity index (χ2n) is 4.97. The molecule has 0 saturated heterocycles. The van der Waals surface area contributed by atoms with Crippen molar-refractivity contribution in [2.75, 3.05) is 5.32 Å². The van der Waals surface area contributed by atoms with Crippen molar-refractivity contribution in [3.63, 3.8) is 0 Å². The molecule has 6 heteroatoms. The number of carbonyl (C=O) groups excluding carboxylic acids is 1. The summed E-state index contributed by atoms with van der Waals surface area (Å²) in [6, 6.07) is 4.51. The molecule has 1 saturated carbocycles. The summed E-state index contributed by atoms with van der Waals surface area (Å²) < 4.78 is 0. The highest BCUT2D eigenvalue weighted by molar-refractivity contribution is 5.95. The van der Waals surface area contributed by atoms with Crippen LogP contribution in [0.3, 0.4) is 0 Å². The average Bonchev–Trinajstić information content (AvgIpc) is 2.75. The number of nitro groups is 1. The maximum atomic E-state index is 12.1. The highest BCUT2D eigenvalue weighted by Crippen LogP contribution is 2.29. The fraction of sp³-hybridized carbons (Fsp3) is 0.462. The Morgan fingerprint density at radius 2 is 2.21 bits per heavy atom. The number of amides is 1. The number of nitrogens with one attached hydrogen (secondary N) is 1. The molecule has 19 heavy (non-hydrogen) atoms. The topological polar surface area (TPSA) is 98.3 Å². The van der Waals surface area contributed by atoms with E-state index in [0.29, 0.717) is 0 Å². The molecule has 0 aromatic heterocycles. The van der Waals surface area contributed by atoms with Gasteiger partial charge in [0.1, 0.15) is 5.69 Å². The monoisotopic (exact) mass is 263 g/mol. The van der Waals surface area contributed by atoms with Gasteiger partial charge in [0.15, 0.2) is 0 Å². The van der Waals surface area contributed by atoms with Crippen LogP contribution in [0.5, 0.6) is 0 Å². The predicted octanol–water partition coefficient (Wildman–Crippen LogP) is 1.97. The molecule has 1 aliphatic carbocycles. The Balaban J connectivity index is 2.20. The van der Waals surface area contributed by atoms with E-state index in [-0.39, 0.29) is 29.2 Å². The van der Waals surface area contributed by atoms with E-state index >= 15 is 0 Å². The van der Waals surface area contributed by atoms with Crippen LogP contribution >= 0.6 is 0 Å². The summed E-state index contributed by atoms with van der Waals surface area (Å²) in [5.41, 5.74) is 6.88. The van der Waals surface area contributed by atoms with E-state index in [0.717, 1.165) is 24.8 Å². The van der Waals surface area contributed by atoms with Crippen LogP contribution in [0.4, 0.5) is 11.4 Å². The lowest BCUT2D eigenvalue weighted by molar-refractivity contribution is -0.383. The van der Waals surface area contributed by atoms with Gasteiger partial charge in [-0.15, -0.1) is 0 Å². The average molecular weight is 263 g/mol. The van der Waals surface area contributed by atoms with Crippen LogP contribution in [0, 0.1) is 23.0 Å². The minimum Gasteiger partial charge on any atom is -0.327 e. The van der Waals surface area contributed by atoms with E-state index in [9.17, 15) is 14.9 Å². The van der Waals surface area contributed by atoms with E-state index < -0.39 is 4.92 Å². The molecule has 0 spiro atoms. The maximum absolute atomic E-state index is 12.1. The summed E-state index contributed by atoms with van der Waals surface area (Å²) in [5, 5.41) is 13.6. The number of nitrogens with zero attached hydrogens (tertiary/aromatic N) is 1. The first-order chi connectivity index (χ1) is 8.99. The van der Waals surface area contributed by atoms with Crippen molar-refractivity contribution in [3.8, 4) is 0 Å². The van der Waals surface area contributed by atoms with Crippen molar-refractivity contribution in [1.29, 1.82) is 0 Å². The number of carbonyl (C=O) groups is 1. The van der Waals surface area contributed by atoms with Gasteiger partial charge in [0, 0.05) is 12.1 Å². The van der Waals surface area contributed by atoms with Gasteiger partial charge in [0.05, 0.1) is 10.8 Å². The molecule has 1 aliphatic rings. The summed E-state index contributed by atoms with van der Waals surface area (Å²) in [4.78, 5) is 22.5. The van der Waals surface area contributed by atoms with E-state index in [1.54, 1.807) is 12.1 Å². The van der Waals surface area contributed by atoms with Gasteiger partial charge < -0.3 is 11.1 Å². The molecule has 2 rings (SSSR count). The van der Waals surface area contributed by atoms with E-state index in [1.807, 2.05) is 6.92 Å². The fourth-order valence-corrected chi connectivity index (χ4v) is 2.45. The van der Waals surface area contributed by atoms with Gasteiger partial charge in [0.25, 0.3) is 5.69 Å². The van der Waals surface area contributed by atoms with Crippen LogP contribution in [0.2, 0.25) is 0 Å². The van der Waals surface area contributed by atoms with Crippen LogP contribution in [-0.4, -0.2) is 16.9 Å². The molecule has 1 fully saturated rings. The highest BCUT2D eigenvalue weighted by Gasteiger charge is 2.31. The van der Waals surface area contributed by atoms with Crippen LogP contribution in [-0.2, 0) is 4.79 Å². The van der Waals surface area contributed by atoms with Gasteiger partial charge in [-0.25, -0.2) is 0 Å². The van der Waals surface area contributed by atoms with Gasteiger partial charge in [-0.2, -0.15) is 0 Å². The Kier molecular flexibility index (Phi) is 3.80. The first kappa shape index (κ1) is 13.5. The number of anilines is 1. The largest absolute Gasteiger partial charge is 0.327 e. The third-order valence-corrected chi connectivity index (χ3v) is 3.51. The first-order valence-electron chi connectivity index (χ1n) is 6.30. The molecular weight excluding hydrogens is 246 g/mol. The third kappa shape index (κ3) is 2.90. The number of rotatable bonds is 3. The molecule has 6 nitrogen and oxygen atoms in total. The van der Waals surface area contributed by atoms with Gasteiger partial charge in [-0.05, 0) is 31.4 Å². The van der Waals surface area contributed by atoms with Crippen molar-refractivity contribution >= 4 is 17.3 Å². The summed E-state index contributed by atoms with van der Waals surface area (Å²) in [6.07, 6.45) is 2.50. The van der Waals surface area contributed by atoms with Crippen molar-refractivity contribution < 1.29 is 9.72 Å². The highest BCUT2D eigenvalue weighted by atomic mass is 16.6. The zero-order valence-electron chi connectivity index (χ0n) is 10.8. The molecule has 2 unspecified atom stereocenters. The summed E-state index contributed by atoms with van der Waals surface area (Å²) >= 11 is 0. The standard InChI is InChI=1S/C13H17N3O3/c1-8-5-6-12(16(18)19)11(7-8)15-13(17)9-3-2-4-10(9)14/h5-7,9-10H,2-4,14H2,1H3,(H,15,17). The molecule has 0 bridgehead atoms. The van der Waals surface area contributed by atoms with E-state index in [2.05, 4.69) is 5.32 Å². The van der Waals surface area contributed by atoms with Crippen LogP contribution in [0.15, 0.2) is 18.2 Å². The molecule has 1 aromatic carbocycles. The van der Waals surface area contributed by atoms with Crippen LogP contribution < -0.4 is 11.1 Å². The first-order valence-corrected chi connectivity index (χ1v) is 6.30. The number of aryl methyl sites for hydroxylation is 1. The van der Waals surface area contributed by atoms with E-state index in [1.165, 1.54) is 6.07 Å². The SMILES string of the molecule is Cc1ccc([N+](=O)[O-])c(NC(=O)C2CCCC2N)c1. The Morgan fingerprint density at radius 1 is 1.47 bits per heavy atom. The Hall–Kier alpha value is -1.95. The molecule has 0 aliphatic heterocycles. The lowest BCUT2D eigenvalue weighted by atomic mass is 10.0. The normalized spacial score (nSPS) is 22.2. The second-order valence-corrected chi connectivity index (χ2v) is 4.97. The zero-order chi connectivity index (χ0) is 14.0. The number of nitrogens with two attached hydrogens (primary N) is 1. The minimum absolute atomic E-state index is 0.0921. The number of hydrogen-bond donors (Lipinski definition) is 2. The van der Waals surface area contributed by atoms with Gasteiger partial charge in [0.2, 0.25) is 5.91 Å². The molecule has 0 heterocycles. The van der Waals surface area contributed by atoms with Crippen molar-refractivity contribution in [2.45, 2.75) is 32.2 Å².